The van der Waals surface area contributed by atoms with Crippen LogP contribution in [-0.4, -0.2) is 32.7 Å². The van der Waals surface area contributed by atoms with Gasteiger partial charge in [0, 0.05) is 24.4 Å². The molecule has 1 aliphatic heterocycles. The van der Waals surface area contributed by atoms with Gasteiger partial charge in [0.1, 0.15) is 6.10 Å². The van der Waals surface area contributed by atoms with Gasteiger partial charge in [0.25, 0.3) is 0 Å². The van der Waals surface area contributed by atoms with Gasteiger partial charge in [-0.25, -0.2) is 4.98 Å². The lowest BCUT2D eigenvalue weighted by Gasteiger charge is -2.22. The van der Waals surface area contributed by atoms with Crippen molar-refractivity contribution >= 4 is 0 Å². The Balaban J connectivity index is 1.25. The van der Waals surface area contributed by atoms with Crippen LogP contribution in [0.1, 0.15) is 68.0 Å². The average molecular weight is 419 g/mol. The summed E-state index contributed by atoms with van der Waals surface area (Å²) < 4.78 is 11.7. The molecule has 3 aromatic rings. The van der Waals surface area contributed by atoms with Gasteiger partial charge in [-0.3, -0.25) is 4.90 Å². The van der Waals surface area contributed by atoms with Crippen molar-refractivity contribution in [3.05, 3.63) is 59.6 Å². The molecule has 5 rings (SSSR count). The highest BCUT2D eigenvalue weighted by Crippen LogP contribution is 2.33. The smallest absolute Gasteiger partial charge is 0.244 e. The Morgan fingerprint density at radius 2 is 1.84 bits per heavy atom. The van der Waals surface area contributed by atoms with Crippen LogP contribution >= 0.6 is 0 Å². The summed E-state index contributed by atoms with van der Waals surface area (Å²) in [6, 6.07) is 12.8. The molecule has 162 valence electrons. The van der Waals surface area contributed by atoms with Crippen LogP contribution in [0.15, 0.2) is 47.1 Å². The fourth-order valence-electron chi connectivity index (χ4n) is 4.65. The van der Waals surface area contributed by atoms with Crippen LogP contribution in [0.3, 0.4) is 0 Å². The van der Waals surface area contributed by atoms with Gasteiger partial charge in [0.15, 0.2) is 0 Å². The zero-order valence-corrected chi connectivity index (χ0v) is 18.2. The fraction of sp³-hybridized carbons (Fsp3) is 0.480. The average Bonchev–Trinajstić information content (AvgIpc) is 3.46. The van der Waals surface area contributed by atoms with Crippen molar-refractivity contribution in [1.29, 1.82) is 0 Å². The zero-order chi connectivity index (χ0) is 21.0. The molecular weight excluding hydrogens is 388 g/mol. The molecule has 2 aromatic heterocycles. The van der Waals surface area contributed by atoms with Gasteiger partial charge < -0.3 is 9.26 Å². The molecule has 3 heterocycles. The van der Waals surface area contributed by atoms with Crippen LogP contribution in [0, 0.1) is 6.92 Å². The number of rotatable bonds is 6. The molecule has 0 spiro atoms. The predicted octanol–water partition coefficient (Wildman–Crippen LogP) is 5.49. The van der Waals surface area contributed by atoms with E-state index < -0.39 is 0 Å². The number of benzene rings is 1. The summed E-state index contributed by atoms with van der Waals surface area (Å²) >= 11 is 0. The van der Waals surface area contributed by atoms with Crippen LogP contribution in [0.2, 0.25) is 0 Å². The molecule has 1 aromatic carbocycles. The number of nitrogens with zero attached hydrogens (tertiary/aromatic N) is 4. The maximum atomic E-state index is 6.03. The van der Waals surface area contributed by atoms with Gasteiger partial charge in [-0.1, -0.05) is 41.4 Å². The molecule has 2 aliphatic rings. The van der Waals surface area contributed by atoms with Crippen LogP contribution in [0.4, 0.5) is 0 Å². The second-order valence-electron chi connectivity index (χ2n) is 8.83. The van der Waals surface area contributed by atoms with E-state index in [9.17, 15) is 0 Å². The standard InChI is InChI=1S/C25H30N4O2/c1-18-9-11-19(12-10-18)17-29-15-5-8-22(29)25-27-24(28-31-25)20-13-14-23(26-16-20)30-21-6-3-2-4-7-21/h9-14,16,21-22H,2-8,15,17H2,1H3/t22-/m0/s1. The lowest BCUT2D eigenvalue weighted by molar-refractivity contribution is 0.148. The van der Waals surface area contributed by atoms with Crippen molar-refractivity contribution in [2.45, 2.75) is 70.6 Å². The third-order valence-corrected chi connectivity index (χ3v) is 6.43. The lowest BCUT2D eigenvalue weighted by Crippen LogP contribution is -2.23. The SMILES string of the molecule is Cc1ccc(CN2CCC[C@H]2c2nc(-c3ccc(OC4CCCCC4)nc3)no2)cc1. The molecule has 2 fully saturated rings. The van der Waals surface area contributed by atoms with Gasteiger partial charge >= 0.3 is 0 Å². The summed E-state index contributed by atoms with van der Waals surface area (Å²) in [5.74, 6) is 1.97. The number of ether oxygens (including phenoxy) is 1. The minimum absolute atomic E-state index is 0.171. The van der Waals surface area contributed by atoms with Crippen LogP contribution in [0.5, 0.6) is 5.88 Å². The molecule has 1 atom stereocenters. The van der Waals surface area contributed by atoms with E-state index in [4.69, 9.17) is 14.2 Å². The Labute approximate surface area is 183 Å². The van der Waals surface area contributed by atoms with Crippen molar-refractivity contribution in [2.24, 2.45) is 0 Å². The Morgan fingerprint density at radius 3 is 2.61 bits per heavy atom. The Morgan fingerprint density at radius 1 is 1.00 bits per heavy atom. The van der Waals surface area contributed by atoms with E-state index in [-0.39, 0.29) is 6.04 Å². The lowest BCUT2D eigenvalue weighted by atomic mass is 9.98. The normalized spacial score (nSPS) is 20.2. The van der Waals surface area contributed by atoms with Crippen molar-refractivity contribution in [2.75, 3.05) is 6.54 Å². The highest BCUT2D eigenvalue weighted by atomic mass is 16.5. The highest BCUT2D eigenvalue weighted by molar-refractivity contribution is 5.53. The second-order valence-corrected chi connectivity index (χ2v) is 8.83. The zero-order valence-electron chi connectivity index (χ0n) is 18.2. The van der Waals surface area contributed by atoms with Crippen molar-refractivity contribution in [1.82, 2.24) is 20.0 Å². The summed E-state index contributed by atoms with van der Waals surface area (Å²) in [5.41, 5.74) is 3.45. The summed E-state index contributed by atoms with van der Waals surface area (Å²) in [5, 5.41) is 4.24. The summed E-state index contributed by atoms with van der Waals surface area (Å²) in [6.45, 7) is 4.06. The van der Waals surface area contributed by atoms with E-state index in [1.165, 1.54) is 30.4 Å². The molecule has 0 radical (unpaired) electrons. The van der Waals surface area contributed by atoms with E-state index in [0.717, 1.165) is 44.3 Å². The number of hydrogen-bond donors (Lipinski definition) is 0. The Bertz CT molecular complexity index is 978. The first-order valence-electron chi connectivity index (χ1n) is 11.5. The van der Waals surface area contributed by atoms with Crippen molar-refractivity contribution in [3.63, 3.8) is 0 Å². The molecule has 31 heavy (non-hydrogen) atoms. The third kappa shape index (κ3) is 4.79. The third-order valence-electron chi connectivity index (χ3n) is 6.43. The number of hydrogen-bond acceptors (Lipinski definition) is 6. The molecule has 1 aliphatic carbocycles. The topological polar surface area (TPSA) is 64.3 Å². The molecule has 0 unspecified atom stereocenters. The van der Waals surface area contributed by atoms with Crippen LogP contribution < -0.4 is 4.74 Å². The Hall–Kier alpha value is -2.73. The van der Waals surface area contributed by atoms with E-state index >= 15 is 0 Å². The van der Waals surface area contributed by atoms with Crippen LogP contribution in [-0.2, 0) is 6.54 Å². The molecule has 0 N–H and O–H groups in total. The highest BCUT2D eigenvalue weighted by Gasteiger charge is 2.31. The van der Waals surface area contributed by atoms with E-state index in [0.29, 0.717) is 23.7 Å². The molecule has 0 amide bonds. The minimum Gasteiger partial charge on any atom is -0.474 e. The largest absolute Gasteiger partial charge is 0.474 e. The van der Waals surface area contributed by atoms with Gasteiger partial charge in [0.05, 0.1) is 6.04 Å². The van der Waals surface area contributed by atoms with Crippen LogP contribution in [0.25, 0.3) is 11.4 Å². The number of aromatic nitrogens is 3. The van der Waals surface area contributed by atoms with Gasteiger partial charge in [0.2, 0.25) is 17.6 Å². The fourth-order valence-corrected chi connectivity index (χ4v) is 4.65. The monoisotopic (exact) mass is 418 g/mol. The summed E-state index contributed by atoms with van der Waals surface area (Å²) in [6.07, 6.45) is 10.3. The van der Waals surface area contributed by atoms with Gasteiger partial charge in [-0.05, 0) is 63.6 Å². The number of aryl methyl sites for hydroxylation is 1. The number of likely N-dealkylation sites (tertiary alicyclic amines) is 1. The first-order chi connectivity index (χ1) is 15.2. The van der Waals surface area contributed by atoms with E-state index in [1.54, 1.807) is 6.20 Å². The molecule has 0 bridgehead atoms. The quantitative estimate of drug-likeness (QED) is 0.527. The maximum absolute atomic E-state index is 6.03. The molecule has 1 saturated carbocycles. The summed E-state index contributed by atoms with van der Waals surface area (Å²) in [7, 11) is 0. The van der Waals surface area contributed by atoms with Gasteiger partial charge in [-0.15, -0.1) is 0 Å². The molecule has 1 saturated heterocycles. The van der Waals surface area contributed by atoms with Crippen molar-refractivity contribution in [3.8, 4) is 17.3 Å². The molecular formula is C25H30N4O2. The predicted molar refractivity (Wildman–Crippen MR) is 119 cm³/mol. The number of pyridine rings is 1. The second kappa shape index (κ2) is 9.18. The minimum atomic E-state index is 0.171. The maximum Gasteiger partial charge on any atom is 0.244 e. The van der Waals surface area contributed by atoms with E-state index in [1.807, 2.05) is 12.1 Å². The van der Waals surface area contributed by atoms with Gasteiger partial charge in [-0.2, -0.15) is 4.98 Å². The Kier molecular flexibility index (Phi) is 5.98. The van der Waals surface area contributed by atoms with E-state index in [2.05, 4.69) is 46.2 Å². The summed E-state index contributed by atoms with van der Waals surface area (Å²) in [4.78, 5) is 11.6. The molecule has 6 heteroatoms. The first-order valence-corrected chi connectivity index (χ1v) is 11.5. The molecule has 6 nitrogen and oxygen atoms in total. The first kappa shape index (κ1) is 20.2. The van der Waals surface area contributed by atoms with Crippen molar-refractivity contribution < 1.29 is 9.26 Å².